The number of halogens is 3. The summed E-state index contributed by atoms with van der Waals surface area (Å²) >= 11 is 0. The molecule has 2 atom stereocenters. The van der Waals surface area contributed by atoms with Crippen molar-refractivity contribution >= 4 is 10.9 Å². The first-order chi connectivity index (χ1) is 18.0. The molecule has 1 saturated heterocycles. The number of aromatic nitrogens is 1. The van der Waals surface area contributed by atoms with Gasteiger partial charge in [-0.2, -0.15) is 0 Å². The maximum Gasteiger partial charge on any atom is 0.135 e. The Morgan fingerprint density at radius 3 is 2.51 bits per heavy atom. The molecule has 0 radical (unpaired) electrons. The molecule has 3 aliphatic rings. The number of hydrogen-bond donors (Lipinski definition) is 2. The van der Waals surface area contributed by atoms with Crippen molar-refractivity contribution in [2.75, 3.05) is 32.9 Å². The van der Waals surface area contributed by atoms with Crippen LogP contribution in [0.25, 0.3) is 10.9 Å². The fourth-order valence-electron chi connectivity index (χ4n) is 7.02. The molecule has 3 heterocycles. The molecule has 0 amide bonds. The van der Waals surface area contributed by atoms with E-state index in [1.807, 2.05) is 18.2 Å². The number of alkyl halides is 1. The van der Waals surface area contributed by atoms with Gasteiger partial charge in [-0.1, -0.05) is 43.9 Å². The summed E-state index contributed by atoms with van der Waals surface area (Å²) in [5.74, 6) is -0.471. The van der Waals surface area contributed by atoms with Crippen molar-refractivity contribution in [3.05, 3.63) is 64.9 Å². The summed E-state index contributed by atoms with van der Waals surface area (Å²) in [6, 6.07) is 10.9. The lowest BCUT2D eigenvalue weighted by Crippen LogP contribution is -2.54. The van der Waals surface area contributed by atoms with Gasteiger partial charge in [0, 0.05) is 65.9 Å². The molecule has 4 nitrogen and oxygen atoms in total. The molecule has 1 aliphatic carbocycles. The van der Waals surface area contributed by atoms with Gasteiger partial charge in [-0.05, 0) is 37.3 Å². The maximum atomic E-state index is 16.0. The molecule has 198 valence electrons. The number of nitrogens with zero attached hydrogens (tertiary/aromatic N) is 1. The van der Waals surface area contributed by atoms with E-state index in [1.165, 1.54) is 12.1 Å². The predicted octanol–water partition coefficient (Wildman–Crippen LogP) is 6.08. The summed E-state index contributed by atoms with van der Waals surface area (Å²) in [6.07, 6.45) is 5.94. The van der Waals surface area contributed by atoms with Gasteiger partial charge in [0.05, 0.1) is 12.2 Å². The van der Waals surface area contributed by atoms with Gasteiger partial charge < -0.3 is 9.72 Å². The maximum absolute atomic E-state index is 16.0. The zero-order valence-electron chi connectivity index (χ0n) is 21.5. The Balaban J connectivity index is 1.36. The van der Waals surface area contributed by atoms with Gasteiger partial charge in [0.2, 0.25) is 0 Å². The van der Waals surface area contributed by atoms with Crippen LogP contribution in [0.4, 0.5) is 13.2 Å². The normalized spacial score (nSPS) is 24.9. The third-order valence-corrected chi connectivity index (χ3v) is 8.68. The van der Waals surface area contributed by atoms with Crippen molar-refractivity contribution in [3.63, 3.8) is 0 Å². The van der Waals surface area contributed by atoms with E-state index in [0.717, 1.165) is 54.3 Å². The van der Waals surface area contributed by atoms with Gasteiger partial charge in [0.15, 0.2) is 0 Å². The smallest absolute Gasteiger partial charge is 0.135 e. The summed E-state index contributed by atoms with van der Waals surface area (Å²) in [4.78, 5) is 5.67. The predicted molar refractivity (Wildman–Crippen MR) is 140 cm³/mol. The lowest BCUT2D eigenvalue weighted by Gasteiger charge is -2.44. The van der Waals surface area contributed by atoms with E-state index < -0.39 is 17.2 Å². The molecule has 2 unspecified atom stereocenters. The molecule has 0 spiro atoms. The van der Waals surface area contributed by atoms with Crippen LogP contribution in [0.1, 0.15) is 55.8 Å². The highest BCUT2D eigenvalue weighted by molar-refractivity contribution is 5.85. The molecule has 1 saturated carbocycles. The van der Waals surface area contributed by atoms with Gasteiger partial charge in [-0.3, -0.25) is 14.6 Å². The third kappa shape index (κ3) is 4.54. The highest BCUT2D eigenvalue weighted by atomic mass is 19.1. The average Bonchev–Trinajstić information content (AvgIpc) is 3.48. The van der Waals surface area contributed by atoms with Crippen LogP contribution in [0.2, 0.25) is 0 Å². The molecule has 2 aromatic carbocycles. The lowest BCUT2D eigenvalue weighted by atomic mass is 9.73. The van der Waals surface area contributed by atoms with Crippen LogP contribution in [-0.4, -0.2) is 48.8 Å². The Labute approximate surface area is 216 Å². The van der Waals surface area contributed by atoms with E-state index in [9.17, 15) is 4.39 Å². The number of nitrogens with one attached hydrogen (secondary N) is 2. The summed E-state index contributed by atoms with van der Waals surface area (Å²) < 4.78 is 50.5. The standard InChI is InChI=1S/C30H36F3N3O/c1-19-12-24-23-8-4-5-9-27(23)34-29(24)30(35-19,15-20-6-2-3-7-20)28-25(32)13-22(14-26(28)33)37-11-10-36-17-21(16-31)18-36/h4-5,8-9,13-14,19-21,34-35H,2-3,6-7,10-12,15-18H2,1H3. The molecule has 2 aliphatic heterocycles. The van der Waals surface area contributed by atoms with Crippen molar-refractivity contribution in [2.24, 2.45) is 11.8 Å². The van der Waals surface area contributed by atoms with Crippen LogP contribution in [0.15, 0.2) is 36.4 Å². The SMILES string of the molecule is CC1Cc2c([nH]c3ccccc23)C(CC2CCCC2)(c2c(F)cc(OCCN3CC(CF)C3)cc2F)N1. The highest BCUT2D eigenvalue weighted by Crippen LogP contribution is 2.47. The highest BCUT2D eigenvalue weighted by Gasteiger charge is 2.47. The molecular formula is C30H36F3N3O. The van der Waals surface area contributed by atoms with Crippen molar-refractivity contribution in [1.29, 1.82) is 0 Å². The van der Waals surface area contributed by atoms with Gasteiger partial charge in [-0.15, -0.1) is 0 Å². The van der Waals surface area contributed by atoms with Gasteiger partial charge >= 0.3 is 0 Å². The molecule has 37 heavy (non-hydrogen) atoms. The molecular weight excluding hydrogens is 475 g/mol. The average molecular weight is 512 g/mol. The van der Waals surface area contributed by atoms with Crippen LogP contribution in [-0.2, 0) is 12.0 Å². The largest absolute Gasteiger partial charge is 0.492 e. The molecule has 2 N–H and O–H groups in total. The number of aromatic amines is 1. The fourth-order valence-corrected chi connectivity index (χ4v) is 7.02. The van der Waals surface area contributed by atoms with E-state index >= 15 is 8.78 Å². The zero-order valence-corrected chi connectivity index (χ0v) is 21.5. The number of hydrogen-bond acceptors (Lipinski definition) is 3. The Morgan fingerprint density at radius 1 is 1.05 bits per heavy atom. The Hall–Kier alpha value is -2.51. The first kappa shape index (κ1) is 24.8. The van der Waals surface area contributed by atoms with Crippen molar-refractivity contribution in [2.45, 2.75) is 57.0 Å². The van der Waals surface area contributed by atoms with E-state index in [0.29, 0.717) is 38.6 Å². The van der Waals surface area contributed by atoms with Crippen molar-refractivity contribution in [3.8, 4) is 5.75 Å². The van der Waals surface area contributed by atoms with Crippen LogP contribution in [0.5, 0.6) is 5.75 Å². The molecule has 6 rings (SSSR count). The Morgan fingerprint density at radius 2 is 1.78 bits per heavy atom. The second-order valence-corrected chi connectivity index (χ2v) is 11.4. The number of ether oxygens (including phenoxy) is 1. The monoisotopic (exact) mass is 511 g/mol. The van der Waals surface area contributed by atoms with Crippen molar-refractivity contribution in [1.82, 2.24) is 15.2 Å². The summed E-state index contributed by atoms with van der Waals surface area (Å²) in [7, 11) is 0. The molecule has 3 aromatic rings. The van der Waals surface area contributed by atoms with E-state index in [2.05, 4.69) is 28.2 Å². The molecule has 2 fully saturated rings. The minimum absolute atomic E-state index is 0.0625. The number of likely N-dealkylation sites (tertiary alicyclic amines) is 1. The van der Waals surface area contributed by atoms with Crippen molar-refractivity contribution < 1.29 is 17.9 Å². The first-order valence-corrected chi connectivity index (χ1v) is 13.7. The minimum Gasteiger partial charge on any atom is -0.492 e. The van der Waals surface area contributed by atoms with Crippen LogP contribution < -0.4 is 10.1 Å². The molecule has 0 bridgehead atoms. The number of benzene rings is 2. The Kier molecular flexibility index (Phi) is 6.70. The number of rotatable bonds is 8. The van der Waals surface area contributed by atoms with Crippen LogP contribution in [0, 0.1) is 23.5 Å². The molecule has 1 aromatic heterocycles. The third-order valence-electron chi connectivity index (χ3n) is 8.68. The van der Waals surface area contributed by atoms with Gasteiger partial charge in [-0.25, -0.2) is 8.78 Å². The summed E-state index contributed by atoms with van der Waals surface area (Å²) in [5.41, 5.74) is 2.15. The topological polar surface area (TPSA) is 40.3 Å². The van der Waals surface area contributed by atoms with Crippen LogP contribution >= 0.6 is 0 Å². The zero-order chi connectivity index (χ0) is 25.6. The first-order valence-electron chi connectivity index (χ1n) is 13.7. The number of H-pyrrole nitrogens is 1. The minimum atomic E-state index is -0.979. The Bertz CT molecular complexity index is 1240. The fraction of sp³-hybridized carbons (Fsp3) is 0.533. The summed E-state index contributed by atoms with van der Waals surface area (Å²) in [5, 5.41) is 4.81. The van der Waals surface area contributed by atoms with Gasteiger partial charge in [0.25, 0.3) is 0 Å². The second-order valence-electron chi connectivity index (χ2n) is 11.4. The van der Waals surface area contributed by atoms with Gasteiger partial charge in [0.1, 0.15) is 24.0 Å². The molecule has 7 heteroatoms. The summed E-state index contributed by atoms with van der Waals surface area (Å²) in [6.45, 7) is 4.15. The quantitative estimate of drug-likeness (QED) is 0.385. The van der Waals surface area contributed by atoms with E-state index in [1.54, 1.807) is 0 Å². The number of fused-ring (bicyclic) bond motifs is 3. The van der Waals surface area contributed by atoms with E-state index in [4.69, 9.17) is 4.74 Å². The van der Waals surface area contributed by atoms with Crippen LogP contribution in [0.3, 0.4) is 0 Å². The number of para-hydroxylation sites is 1. The second kappa shape index (κ2) is 9.99. The van der Waals surface area contributed by atoms with E-state index in [-0.39, 0.29) is 29.9 Å². The lowest BCUT2D eigenvalue weighted by molar-refractivity contribution is 0.0667.